The molecule has 1 heterocycles. The molecule has 3 aromatic carbocycles. The lowest BCUT2D eigenvalue weighted by Gasteiger charge is -2.15. The Morgan fingerprint density at radius 1 is 1.00 bits per heavy atom. The number of amides is 1. The number of hydrogen-bond acceptors (Lipinski definition) is 5. The van der Waals surface area contributed by atoms with Gasteiger partial charge >= 0.3 is 0 Å². The third-order valence-corrected chi connectivity index (χ3v) is 5.26. The molecule has 0 aliphatic rings. The van der Waals surface area contributed by atoms with Gasteiger partial charge in [-0.25, -0.2) is 0 Å². The van der Waals surface area contributed by atoms with Crippen LogP contribution in [0.5, 0.6) is 5.75 Å². The molecule has 1 aromatic heterocycles. The molecule has 0 aliphatic heterocycles. The molecule has 28 heavy (non-hydrogen) atoms. The van der Waals surface area contributed by atoms with Crippen molar-refractivity contribution in [2.24, 2.45) is 0 Å². The number of anilines is 1. The highest BCUT2D eigenvalue weighted by molar-refractivity contribution is 7.18. The molecule has 1 N–H and O–H groups in total. The van der Waals surface area contributed by atoms with Crippen molar-refractivity contribution < 1.29 is 9.53 Å². The van der Waals surface area contributed by atoms with Gasteiger partial charge in [-0.05, 0) is 25.3 Å². The summed E-state index contributed by atoms with van der Waals surface area (Å²) in [6, 6.07) is 21.8. The Morgan fingerprint density at radius 3 is 2.57 bits per heavy atom. The Morgan fingerprint density at radius 2 is 1.75 bits per heavy atom. The van der Waals surface area contributed by atoms with Crippen LogP contribution in [-0.2, 0) is 4.79 Å². The van der Waals surface area contributed by atoms with E-state index in [-0.39, 0.29) is 5.91 Å². The number of carbonyl (C=O) groups is 1. The Labute approximate surface area is 167 Å². The molecule has 0 bridgehead atoms. The Hall–Kier alpha value is -3.25. The van der Waals surface area contributed by atoms with E-state index in [2.05, 4.69) is 15.5 Å². The van der Waals surface area contributed by atoms with Crippen LogP contribution >= 0.6 is 11.3 Å². The van der Waals surface area contributed by atoms with Crippen molar-refractivity contribution in [3.63, 3.8) is 0 Å². The molecule has 140 valence electrons. The van der Waals surface area contributed by atoms with Gasteiger partial charge in [-0.1, -0.05) is 77.6 Å². The predicted octanol–water partition coefficient (Wildman–Crippen LogP) is 5.07. The molecule has 0 radical (unpaired) electrons. The monoisotopic (exact) mass is 389 g/mol. The summed E-state index contributed by atoms with van der Waals surface area (Å²) in [5.41, 5.74) is 2.16. The van der Waals surface area contributed by atoms with Gasteiger partial charge < -0.3 is 4.74 Å². The minimum absolute atomic E-state index is 0.264. The van der Waals surface area contributed by atoms with Crippen molar-refractivity contribution >= 4 is 33.1 Å². The van der Waals surface area contributed by atoms with Crippen molar-refractivity contribution in [1.82, 2.24) is 10.2 Å². The van der Waals surface area contributed by atoms with E-state index in [0.29, 0.717) is 10.9 Å². The van der Waals surface area contributed by atoms with E-state index < -0.39 is 6.10 Å². The van der Waals surface area contributed by atoms with E-state index in [9.17, 15) is 4.79 Å². The normalized spacial score (nSPS) is 11.9. The molecule has 0 saturated carbocycles. The zero-order chi connectivity index (χ0) is 19.5. The summed E-state index contributed by atoms with van der Waals surface area (Å²) in [4.78, 5) is 12.5. The minimum Gasteiger partial charge on any atom is -0.480 e. The number of nitrogens with zero attached hydrogens (tertiary/aromatic N) is 2. The van der Waals surface area contributed by atoms with E-state index in [1.165, 1.54) is 16.9 Å². The number of ether oxygens (including phenoxy) is 1. The SMILES string of the molecule is Cc1ccc(-c2nnc(NC(=O)C(C)Oc3cccc4ccccc34)s2)cc1. The molecule has 4 rings (SSSR count). The summed E-state index contributed by atoms with van der Waals surface area (Å²) in [5.74, 6) is 0.415. The highest BCUT2D eigenvalue weighted by atomic mass is 32.1. The number of aromatic nitrogens is 2. The van der Waals surface area contributed by atoms with Gasteiger partial charge in [0.25, 0.3) is 5.91 Å². The zero-order valence-electron chi connectivity index (χ0n) is 15.5. The third kappa shape index (κ3) is 3.87. The summed E-state index contributed by atoms with van der Waals surface area (Å²) in [6.45, 7) is 3.76. The van der Waals surface area contributed by atoms with Gasteiger partial charge in [0.2, 0.25) is 5.13 Å². The maximum Gasteiger partial charge on any atom is 0.266 e. The molecule has 1 atom stereocenters. The van der Waals surface area contributed by atoms with Crippen molar-refractivity contribution in [3.8, 4) is 16.3 Å². The largest absolute Gasteiger partial charge is 0.480 e. The summed E-state index contributed by atoms with van der Waals surface area (Å²) >= 11 is 1.34. The number of fused-ring (bicyclic) bond motifs is 1. The zero-order valence-corrected chi connectivity index (χ0v) is 16.4. The average molecular weight is 389 g/mol. The summed E-state index contributed by atoms with van der Waals surface area (Å²) in [7, 11) is 0. The number of hydrogen-bond donors (Lipinski definition) is 1. The predicted molar refractivity (Wildman–Crippen MR) is 113 cm³/mol. The molecule has 0 saturated heterocycles. The standard InChI is InChI=1S/C22H19N3O2S/c1-14-10-12-17(13-11-14)21-24-25-22(28-21)23-20(26)15(2)27-19-9-5-7-16-6-3-4-8-18(16)19/h3-13,15H,1-2H3,(H,23,25,26). The maximum atomic E-state index is 12.5. The molecule has 4 aromatic rings. The quantitative estimate of drug-likeness (QED) is 0.517. The fourth-order valence-corrected chi connectivity index (χ4v) is 3.59. The highest BCUT2D eigenvalue weighted by Gasteiger charge is 2.18. The van der Waals surface area contributed by atoms with Crippen LogP contribution in [0.3, 0.4) is 0 Å². The summed E-state index contributed by atoms with van der Waals surface area (Å²) in [5, 5.41) is 14.3. The van der Waals surface area contributed by atoms with Gasteiger partial charge in [-0.2, -0.15) is 0 Å². The average Bonchev–Trinajstić information content (AvgIpc) is 3.17. The van der Waals surface area contributed by atoms with E-state index >= 15 is 0 Å². The number of benzene rings is 3. The molecule has 0 fully saturated rings. The van der Waals surface area contributed by atoms with Crippen LogP contribution in [0, 0.1) is 6.92 Å². The van der Waals surface area contributed by atoms with Crippen LogP contribution < -0.4 is 10.1 Å². The first-order valence-electron chi connectivity index (χ1n) is 8.96. The molecular formula is C22H19N3O2S. The first-order valence-corrected chi connectivity index (χ1v) is 9.77. The Kier molecular flexibility index (Phi) is 5.04. The molecule has 1 amide bonds. The van der Waals surface area contributed by atoms with Crippen LogP contribution in [0.4, 0.5) is 5.13 Å². The lowest BCUT2D eigenvalue weighted by molar-refractivity contribution is -0.122. The second kappa shape index (κ2) is 7.78. The third-order valence-electron chi connectivity index (χ3n) is 4.38. The van der Waals surface area contributed by atoms with Gasteiger partial charge in [0.1, 0.15) is 10.8 Å². The van der Waals surface area contributed by atoms with Crippen LogP contribution in [0.25, 0.3) is 21.3 Å². The van der Waals surface area contributed by atoms with Gasteiger partial charge in [-0.15, -0.1) is 10.2 Å². The van der Waals surface area contributed by atoms with E-state index in [1.807, 2.05) is 73.7 Å². The summed E-state index contributed by atoms with van der Waals surface area (Å²) < 4.78 is 5.91. The van der Waals surface area contributed by atoms with Crippen molar-refractivity contribution in [2.45, 2.75) is 20.0 Å². The van der Waals surface area contributed by atoms with Crippen LogP contribution in [0.1, 0.15) is 12.5 Å². The summed E-state index contributed by atoms with van der Waals surface area (Å²) in [6.07, 6.45) is -0.669. The van der Waals surface area contributed by atoms with E-state index in [4.69, 9.17) is 4.74 Å². The first kappa shape index (κ1) is 18.1. The molecule has 1 unspecified atom stereocenters. The van der Waals surface area contributed by atoms with E-state index in [1.54, 1.807) is 6.92 Å². The molecule has 0 spiro atoms. The fraction of sp³-hybridized carbons (Fsp3) is 0.136. The first-order chi connectivity index (χ1) is 13.6. The van der Waals surface area contributed by atoms with Gasteiger partial charge in [0.15, 0.2) is 6.10 Å². The molecular weight excluding hydrogens is 370 g/mol. The minimum atomic E-state index is -0.669. The lowest BCUT2D eigenvalue weighted by atomic mass is 10.1. The van der Waals surface area contributed by atoms with Crippen LogP contribution in [0.2, 0.25) is 0 Å². The van der Waals surface area contributed by atoms with Gasteiger partial charge in [0, 0.05) is 10.9 Å². The smallest absolute Gasteiger partial charge is 0.266 e. The van der Waals surface area contributed by atoms with E-state index in [0.717, 1.165) is 21.3 Å². The number of carbonyl (C=O) groups excluding carboxylic acids is 1. The van der Waals surface area contributed by atoms with Gasteiger partial charge in [0.05, 0.1) is 0 Å². The highest BCUT2D eigenvalue weighted by Crippen LogP contribution is 2.28. The number of rotatable bonds is 5. The Balaban J connectivity index is 1.45. The van der Waals surface area contributed by atoms with Crippen molar-refractivity contribution in [1.29, 1.82) is 0 Å². The fourth-order valence-electron chi connectivity index (χ4n) is 2.84. The van der Waals surface area contributed by atoms with Crippen LogP contribution in [-0.4, -0.2) is 22.2 Å². The Bertz CT molecular complexity index is 1120. The van der Waals surface area contributed by atoms with Gasteiger partial charge in [-0.3, -0.25) is 10.1 Å². The number of nitrogens with one attached hydrogen (secondary N) is 1. The molecule has 5 nitrogen and oxygen atoms in total. The maximum absolute atomic E-state index is 12.5. The van der Waals surface area contributed by atoms with Crippen molar-refractivity contribution in [3.05, 3.63) is 72.3 Å². The van der Waals surface area contributed by atoms with Crippen LogP contribution in [0.15, 0.2) is 66.7 Å². The molecule has 0 aliphatic carbocycles. The molecule has 6 heteroatoms. The second-order valence-corrected chi connectivity index (χ2v) is 7.48. The second-order valence-electron chi connectivity index (χ2n) is 6.51. The van der Waals surface area contributed by atoms with Crippen molar-refractivity contribution in [2.75, 3.05) is 5.32 Å². The lowest BCUT2D eigenvalue weighted by Crippen LogP contribution is -2.30. The number of aryl methyl sites for hydroxylation is 1. The topological polar surface area (TPSA) is 64.1 Å².